The zero-order valence-electron chi connectivity index (χ0n) is 54.5. The summed E-state index contributed by atoms with van der Waals surface area (Å²) in [6, 6.07) is 1.99. The first kappa shape index (κ1) is 75.3. The largest absolute Gasteiger partial charge is 0.495 e. The number of urea groups is 1. The Kier molecular flexibility index (Phi) is 26.9. The number of carbonyl (C=O) groups is 10. The predicted octanol–water partition coefficient (Wildman–Crippen LogP) is 5.68. The second kappa shape index (κ2) is 32.9. The Morgan fingerprint density at radius 3 is 2.38 bits per heavy atom. The number of amides is 8. The molecule has 9 N–H and O–H groups in total. The van der Waals surface area contributed by atoms with Gasteiger partial charge in [0, 0.05) is 63.6 Å². The molecule has 3 heterocycles. The third-order valence-electron chi connectivity index (χ3n) is 16.7. The van der Waals surface area contributed by atoms with E-state index in [2.05, 4.69) is 54.4 Å². The number of fused-ring (bicyclic) bond motifs is 5. The lowest BCUT2D eigenvalue weighted by molar-refractivity contribution is -0.158. The molecular weight excluding hydrogens is 1280 g/mol. The van der Waals surface area contributed by atoms with E-state index >= 15 is 0 Å². The third-order valence-corrected chi connectivity index (χ3v) is 17.7. The Bertz CT molecular complexity index is 3160. The van der Waals surface area contributed by atoms with Crippen LogP contribution in [0.1, 0.15) is 127 Å². The molecule has 506 valence electrons. The number of carbonyl (C=O) groups excluding carboxylic acids is 10. The lowest BCUT2D eigenvalue weighted by Crippen LogP contribution is -2.63. The Morgan fingerprint density at radius 2 is 1.76 bits per heavy atom. The lowest BCUT2D eigenvalue weighted by Gasteiger charge is -2.42. The van der Waals surface area contributed by atoms with Gasteiger partial charge in [-0.05, 0) is 115 Å². The van der Waals surface area contributed by atoms with Gasteiger partial charge >= 0.3 is 24.1 Å². The Morgan fingerprint density at radius 1 is 1.07 bits per heavy atom. The number of primary amides is 1. The SMILES string of the molecule is C=C(CBr)C(=O)OC(C)(C)CCC[C@@H](C=O)N[C@H](C(=O)N[C@@H](CCCNC(N)=O)C(=O)Nc1ccc(C(=O)N(C)[C@@H](C)C(=O)O[C@H]2CC(=O)N(C)c3cc(cc(OC)c3Cl)C/C(C)=C/C=C/[C@@H](OC)[C@@]3(O)C[C@H](OC(=O)N3)[C@@H](C)[C@@H]3O[C@@]23C)cc1C(=O)NC)C(C)C. The van der Waals surface area contributed by atoms with E-state index in [0.717, 1.165) is 16.0 Å². The standard InChI is InChI=1S/C64H89BrClN9O17/c1-34(2)52(70-41(33-76)19-16-24-62(7,8)92-58(82)36(4)32-65)56(80)72-44(20-17-25-69-60(67)84)55(79)71-43-23-22-40(29-42(43)54(78)68-10)57(81)74(11)38(6)59(83)90-49-30-50(77)75(12)45-27-39(28-46(87-13)51(45)66)26-35(3)18-15-21-48(88-14)64(86)31-47(89-61(85)73-64)37(5)53-63(49,9)91-53/h15,18,21-23,27-29,33-34,37-38,41,44,47-49,52-53,70,86H,4,16-17,19-20,24-26,30-32H2,1-3,5-14H3,(H,68,78)(H,71,79)(H,72,80)(H,73,85)(H3,67,69,84)/b21-15+,35-18+/t37-,38+,41+,44+,47+,48-,49+,52+,53+,63+,64+/m1/s1. The van der Waals surface area contributed by atoms with Crippen LogP contribution >= 0.6 is 27.5 Å². The van der Waals surface area contributed by atoms with Crippen molar-refractivity contribution in [2.75, 3.05) is 57.5 Å². The Labute approximate surface area is 550 Å². The van der Waals surface area contributed by atoms with Gasteiger partial charge in [0.1, 0.15) is 58.7 Å². The molecule has 3 aliphatic heterocycles. The molecule has 0 spiro atoms. The molecule has 2 aromatic rings. The smallest absolute Gasteiger partial charge is 0.409 e. The van der Waals surface area contributed by atoms with E-state index in [-0.39, 0.29) is 76.4 Å². The summed E-state index contributed by atoms with van der Waals surface area (Å²) in [4.78, 5) is 138. The van der Waals surface area contributed by atoms with Gasteiger partial charge in [0.2, 0.25) is 17.7 Å². The van der Waals surface area contributed by atoms with Crippen LogP contribution in [-0.2, 0) is 58.9 Å². The van der Waals surface area contributed by atoms with Crippen LogP contribution in [0.15, 0.2) is 66.3 Å². The normalized spacial score (nSPS) is 23.8. The highest BCUT2D eigenvalue weighted by Crippen LogP contribution is 2.49. The maximum absolute atomic E-state index is 14.6. The van der Waals surface area contributed by atoms with Crippen molar-refractivity contribution in [2.45, 2.75) is 172 Å². The number of epoxide rings is 1. The molecule has 0 radical (unpaired) electrons. The first-order valence-corrected chi connectivity index (χ1v) is 31.7. The van der Waals surface area contributed by atoms with Crippen molar-refractivity contribution in [1.29, 1.82) is 0 Å². The quantitative estimate of drug-likeness (QED) is 0.0107. The number of alkyl halides is 1. The van der Waals surface area contributed by atoms with E-state index in [0.29, 0.717) is 25.5 Å². The van der Waals surface area contributed by atoms with Gasteiger partial charge in [-0.1, -0.05) is 78.7 Å². The molecule has 4 bridgehead atoms. The van der Waals surface area contributed by atoms with E-state index in [1.807, 2.05) is 13.0 Å². The van der Waals surface area contributed by atoms with Crippen molar-refractivity contribution in [3.63, 3.8) is 0 Å². The number of alkyl carbamates (subject to hydrolysis) is 1. The highest BCUT2D eigenvalue weighted by molar-refractivity contribution is 9.09. The Balaban J connectivity index is 1.40. The minimum atomic E-state index is -1.94. The summed E-state index contributed by atoms with van der Waals surface area (Å²) in [6.07, 6.45) is 1.57. The van der Waals surface area contributed by atoms with Crippen LogP contribution in [0.4, 0.5) is 21.0 Å². The van der Waals surface area contributed by atoms with Gasteiger partial charge in [-0.3, -0.25) is 34.6 Å². The average molecular weight is 1370 g/mol. The third kappa shape index (κ3) is 19.6. The topological polar surface area (TPSA) is 354 Å². The van der Waals surface area contributed by atoms with Gasteiger partial charge in [-0.25, -0.2) is 19.2 Å². The summed E-state index contributed by atoms with van der Waals surface area (Å²) in [5.74, 6) is -5.82. The van der Waals surface area contributed by atoms with E-state index in [1.54, 1.807) is 65.8 Å². The molecule has 2 saturated heterocycles. The molecule has 2 fully saturated rings. The second-order valence-electron chi connectivity index (χ2n) is 24.5. The first-order valence-electron chi connectivity index (χ1n) is 30.2. The molecule has 26 nitrogen and oxygen atoms in total. The van der Waals surface area contributed by atoms with Gasteiger partial charge in [0.15, 0.2) is 5.72 Å². The number of methoxy groups -OCH3 is 2. The van der Waals surface area contributed by atoms with Crippen LogP contribution in [0.2, 0.25) is 5.02 Å². The van der Waals surface area contributed by atoms with Crippen molar-refractivity contribution < 1.29 is 81.5 Å². The number of nitrogens with two attached hydrogens (primary N) is 1. The predicted molar refractivity (Wildman–Crippen MR) is 346 cm³/mol. The average Bonchev–Trinajstić information content (AvgIpc) is 1.57. The number of benzene rings is 2. The minimum absolute atomic E-state index is 0.0302. The monoisotopic (exact) mass is 1370 g/mol. The molecule has 3 aliphatic rings. The van der Waals surface area contributed by atoms with Crippen LogP contribution in [0, 0.1) is 11.8 Å². The molecule has 92 heavy (non-hydrogen) atoms. The molecule has 28 heteroatoms. The van der Waals surface area contributed by atoms with Crippen molar-refractivity contribution in [1.82, 2.24) is 31.5 Å². The maximum Gasteiger partial charge on any atom is 0.409 e. The molecule has 0 saturated carbocycles. The number of hydrogen-bond acceptors (Lipinski definition) is 18. The molecular formula is C64H89BrClN9O17. The Hall–Kier alpha value is -7.43. The number of rotatable bonds is 26. The number of ether oxygens (including phenoxy) is 6. The minimum Gasteiger partial charge on any atom is -0.495 e. The van der Waals surface area contributed by atoms with E-state index in [4.69, 9.17) is 45.8 Å². The summed E-state index contributed by atoms with van der Waals surface area (Å²) >= 11 is 10.1. The number of halogens is 2. The summed E-state index contributed by atoms with van der Waals surface area (Å²) < 4.78 is 35.2. The molecule has 0 aliphatic carbocycles. The number of hydrogen-bond donors (Lipinski definition) is 8. The summed E-state index contributed by atoms with van der Waals surface area (Å²) in [7, 11) is 6.99. The number of nitrogens with one attached hydrogen (secondary N) is 6. The highest BCUT2D eigenvalue weighted by atomic mass is 79.9. The van der Waals surface area contributed by atoms with Gasteiger partial charge in [0.25, 0.3) is 11.8 Å². The van der Waals surface area contributed by atoms with Gasteiger partial charge in [-0.15, -0.1) is 0 Å². The summed E-state index contributed by atoms with van der Waals surface area (Å²) in [6.45, 7) is 17.3. The number of likely N-dealkylation sites (N-methyl/N-ethyl adjacent to an activating group) is 1. The highest BCUT2D eigenvalue weighted by Gasteiger charge is 2.64. The van der Waals surface area contributed by atoms with Crippen molar-refractivity contribution in [3.05, 3.63) is 88.0 Å². The van der Waals surface area contributed by atoms with Crippen LogP contribution in [-0.4, -0.2) is 183 Å². The fourth-order valence-electron chi connectivity index (χ4n) is 10.9. The van der Waals surface area contributed by atoms with Crippen LogP contribution in [0.5, 0.6) is 5.75 Å². The number of allylic oxidation sites excluding steroid dienone is 3. The van der Waals surface area contributed by atoms with Crippen molar-refractivity contribution in [2.24, 2.45) is 17.6 Å². The molecule has 8 amide bonds. The van der Waals surface area contributed by atoms with E-state index in [9.17, 15) is 53.1 Å². The zero-order valence-corrected chi connectivity index (χ0v) is 56.8. The van der Waals surface area contributed by atoms with E-state index in [1.165, 1.54) is 65.4 Å². The van der Waals surface area contributed by atoms with Crippen molar-refractivity contribution >= 4 is 98.8 Å². The molecule has 0 aromatic heterocycles. The summed E-state index contributed by atoms with van der Waals surface area (Å²) in [5.41, 5.74) is 2.79. The molecule has 11 atom stereocenters. The van der Waals surface area contributed by atoms with Gasteiger partial charge in [0.05, 0.1) is 48.7 Å². The zero-order chi connectivity index (χ0) is 68.7. The fourth-order valence-corrected chi connectivity index (χ4v) is 11.5. The molecule has 2 aromatic carbocycles. The second-order valence-corrected chi connectivity index (χ2v) is 25.5. The van der Waals surface area contributed by atoms with Gasteiger partial charge in [-0.2, -0.15) is 0 Å². The lowest BCUT2D eigenvalue weighted by atomic mass is 9.83. The maximum atomic E-state index is 14.6. The van der Waals surface area contributed by atoms with E-state index < -0.39 is 137 Å². The van der Waals surface area contributed by atoms with Crippen LogP contribution < -0.4 is 47.3 Å². The summed E-state index contributed by atoms with van der Waals surface area (Å²) in [5, 5.41) is 28.3. The number of aliphatic hydroxyl groups is 1. The van der Waals surface area contributed by atoms with Crippen molar-refractivity contribution in [3.8, 4) is 5.75 Å². The number of anilines is 2. The molecule has 5 rings (SSSR count). The molecule has 0 unspecified atom stereocenters. The van der Waals surface area contributed by atoms with Crippen LogP contribution in [0.3, 0.4) is 0 Å². The fraction of sp³-hybridized carbons (Fsp3) is 0.562. The first-order chi connectivity index (χ1) is 43.2. The van der Waals surface area contributed by atoms with Crippen LogP contribution in [0.25, 0.3) is 0 Å². The van der Waals surface area contributed by atoms with Gasteiger partial charge < -0.3 is 75.1 Å². The number of nitrogens with zero attached hydrogens (tertiary/aromatic N) is 2. The number of aldehydes is 1. The number of esters is 2.